The predicted octanol–water partition coefficient (Wildman–Crippen LogP) is 4.47. The first-order valence-electron chi connectivity index (χ1n) is 7.67. The van der Waals surface area contributed by atoms with E-state index in [4.69, 9.17) is 9.47 Å². The van der Waals surface area contributed by atoms with Crippen LogP contribution in [0.4, 0.5) is 0 Å². The number of rotatable bonds is 8. The minimum Gasteiger partial charge on any atom is -0.493 e. The van der Waals surface area contributed by atoms with Crippen molar-refractivity contribution >= 4 is 11.5 Å². The van der Waals surface area contributed by atoms with E-state index in [1.807, 2.05) is 31.2 Å². The highest BCUT2D eigenvalue weighted by atomic mass is 16.5. The van der Waals surface area contributed by atoms with Crippen LogP contribution in [0.2, 0.25) is 0 Å². The average Bonchev–Trinajstić information content (AvgIpc) is 2.45. The molecule has 0 saturated carbocycles. The van der Waals surface area contributed by atoms with Gasteiger partial charge in [-0.25, -0.2) is 4.79 Å². The fourth-order valence-electron chi connectivity index (χ4n) is 1.92. The van der Waals surface area contributed by atoms with Crippen molar-refractivity contribution in [1.29, 1.82) is 0 Å². The molecule has 0 aliphatic heterocycles. The second-order valence-electron chi connectivity index (χ2n) is 5.40. The lowest BCUT2D eigenvalue weighted by Crippen LogP contribution is -2.04. The molecule has 0 unspecified atom stereocenters. The fourth-order valence-corrected chi connectivity index (χ4v) is 1.92. The van der Waals surface area contributed by atoms with Crippen LogP contribution in [0.5, 0.6) is 5.75 Å². The molecule has 3 nitrogen and oxygen atoms in total. The predicted molar refractivity (Wildman–Crippen MR) is 86.3 cm³/mol. The first-order chi connectivity index (χ1) is 10.1. The summed E-state index contributed by atoms with van der Waals surface area (Å²) in [5.41, 5.74) is 2.05. The Morgan fingerprint density at radius 3 is 2.38 bits per heavy atom. The molecule has 0 aliphatic rings. The number of carbonyl (C=O) groups excluding carboxylic acids is 1. The number of allylic oxidation sites excluding steroid dienone is 1. The van der Waals surface area contributed by atoms with Gasteiger partial charge in [-0.1, -0.05) is 39.3 Å². The Balaban J connectivity index is 2.81. The van der Waals surface area contributed by atoms with Gasteiger partial charge in [0.2, 0.25) is 0 Å². The molecule has 0 saturated heterocycles. The number of esters is 1. The van der Waals surface area contributed by atoms with Crippen molar-refractivity contribution in [2.45, 2.75) is 40.5 Å². The molecule has 116 valence electrons. The van der Waals surface area contributed by atoms with Crippen LogP contribution < -0.4 is 4.74 Å². The number of hydrogen-bond acceptors (Lipinski definition) is 3. The summed E-state index contributed by atoms with van der Waals surface area (Å²) in [6.45, 7) is 9.26. The number of carbonyl (C=O) groups is 1. The molecular formula is C18H26O3. The molecule has 0 atom stereocenters. The third-order valence-corrected chi connectivity index (χ3v) is 2.91. The summed E-state index contributed by atoms with van der Waals surface area (Å²) in [5.74, 6) is 1.09. The van der Waals surface area contributed by atoms with Crippen LogP contribution in [0.3, 0.4) is 0 Å². The first kappa shape index (κ1) is 17.3. The average molecular weight is 290 g/mol. The minimum absolute atomic E-state index is 0.277. The summed E-state index contributed by atoms with van der Waals surface area (Å²) >= 11 is 0. The SMILES string of the molecule is CCCC(=CC(=O)OCC)c1ccc(OCC(C)C)cc1. The van der Waals surface area contributed by atoms with Crippen molar-refractivity contribution in [3.63, 3.8) is 0 Å². The van der Waals surface area contributed by atoms with Gasteiger partial charge in [0.1, 0.15) is 5.75 Å². The standard InChI is InChI=1S/C18H26O3/c1-5-7-16(12-18(19)20-6-2)15-8-10-17(11-9-15)21-13-14(3)4/h8-12,14H,5-7,13H2,1-4H3. The lowest BCUT2D eigenvalue weighted by Gasteiger charge is -2.11. The monoisotopic (exact) mass is 290 g/mol. The maximum atomic E-state index is 11.6. The van der Waals surface area contributed by atoms with Crippen molar-refractivity contribution in [1.82, 2.24) is 0 Å². The van der Waals surface area contributed by atoms with E-state index in [9.17, 15) is 4.79 Å². The van der Waals surface area contributed by atoms with Gasteiger partial charge in [0.05, 0.1) is 13.2 Å². The van der Waals surface area contributed by atoms with E-state index in [-0.39, 0.29) is 5.97 Å². The number of hydrogen-bond donors (Lipinski definition) is 0. The quantitative estimate of drug-likeness (QED) is 0.523. The number of benzene rings is 1. The van der Waals surface area contributed by atoms with Crippen LogP contribution >= 0.6 is 0 Å². The van der Waals surface area contributed by atoms with Gasteiger partial charge in [0, 0.05) is 6.08 Å². The highest BCUT2D eigenvalue weighted by Gasteiger charge is 2.06. The molecule has 0 aromatic heterocycles. The van der Waals surface area contributed by atoms with Crippen molar-refractivity contribution in [2.24, 2.45) is 5.92 Å². The van der Waals surface area contributed by atoms with E-state index in [1.165, 1.54) is 0 Å². The third kappa shape index (κ3) is 6.48. The van der Waals surface area contributed by atoms with Crippen LogP contribution in [0.25, 0.3) is 5.57 Å². The molecule has 0 aliphatic carbocycles. The molecule has 1 aromatic rings. The summed E-state index contributed by atoms with van der Waals surface area (Å²) in [6, 6.07) is 7.89. The van der Waals surface area contributed by atoms with E-state index >= 15 is 0 Å². The Bertz CT molecular complexity index is 458. The molecule has 0 radical (unpaired) electrons. The molecular weight excluding hydrogens is 264 g/mol. The van der Waals surface area contributed by atoms with Gasteiger partial charge >= 0.3 is 5.97 Å². The highest BCUT2D eigenvalue weighted by Crippen LogP contribution is 2.23. The fraction of sp³-hybridized carbons (Fsp3) is 0.500. The van der Waals surface area contributed by atoms with Crippen LogP contribution in [-0.2, 0) is 9.53 Å². The Kier molecular flexibility index (Phi) is 7.59. The summed E-state index contributed by atoms with van der Waals surface area (Å²) in [7, 11) is 0. The summed E-state index contributed by atoms with van der Waals surface area (Å²) < 4.78 is 10.7. The molecule has 1 rings (SSSR count). The maximum absolute atomic E-state index is 11.6. The van der Waals surface area contributed by atoms with Crippen molar-refractivity contribution in [2.75, 3.05) is 13.2 Å². The zero-order valence-electron chi connectivity index (χ0n) is 13.5. The minimum atomic E-state index is -0.277. The largest absolute Gasteiger partial charge is 0.493 e. The third-order valence-electron chi connectivity index (χ3n) is 2.91. The second kappa shape index (κ2) is 9.22. The molecule has 0 spiro atoms. The summed E-state index contributed by atoms with van der Waals surface area (Å²) in [6.07, 6.45) is 3.43. The van der Waals surface area contributed by atoms with Crippen molar-refractivity contribution in [3.05, 3.63) is 35.9 Å². The molecule has 0 N–H and O–H groups in total. The lowest BCUT2D eigenvalue weighted by molar-refractivity contribution is -0.137. The van der Waals surface area contributed by atoms with E-state index in [0.29, 0.717) is 19.1 Å². The van der Waals surface area contributed by atoms with E-state index in [0.717, 1.165) is 29.7 Å². The second-order valence-corrected chi connectivity index (χ2v) is 5.40. The Hall–Kier alpha value is -1.77. The van der Waals surface area contributed by atoms with Gasteiger partial charge in [0.15, 0.2) is 0 Å². The zero-order chi connectivity index (χ0) is 15.7. The lowest BCUT2D eigenvalue weighted by atomic mass is 10.0. The van der Waals surface area contributed by atoms with Gasteiger partial charge in [-0.05, 0) is 42.5 Å². The normalized spacial score (nSPS) is 11.6. The van der Waals surface area contributed by atoms with Crippen LogP contribution in [0.15, 0.2) is 30.3 Å². The van der Waals surface area contributed by atoms with Crippen LogP contribution in [0, 0.1) is 5.92 Å². The molecule has 21 heavy (non-hydrogen) atoms. The summed E-state index contributed by atoms with van der Waals surface area (Å²) in [4.78, 5) is 11.6. The Morgan fingerprint density at radius 1 is 1.19 bits per heavy atom. The van der Waals surface area contributed by atoms with Gasteiger partial charge in [0.25, 0.3) is 0 Å². The van der Waals surface area contributed by atoms with Gasteiger partial charge in [-0.15, -0.1) is 0 Å². The van der Waals surface area contributed by atoms with Crippen molar-refractivity contribution in [3.8, 4) is 5.75 Å². The Labute approximate surface area is 128 Å². The topological polar surface area (TPSA) is 35.5 Å². The van der Waals surface area contributed by atoms with E-state index in [1.54, 1.807) is 6.08 Å². The molecule has 3 heteroatoms. The van der Waals surface area contributed by atoms with Gasteiger partial charge in [-0.2, -0.15) is 0 Å². The Morgan fingerprint density at radius 2 is 1.86 bits per heavy atom. The molecule has 0 fully saturated rings. The molecule has 1 aromatic carbocycles. The van der Waals surface area contributed by atoms with Gasteiger partial charge < -0.3 is 9.47 Å². The van der Waals surface area contributed by atoms with Crippen LogP contribution in [0.1, 0.15) is 46.1 Å². The molecule has 0 amide bonds. The number of ether oxygens (including phenoxy) is 2. The zero-order valence-corrected chi connectivity index (χ0v) is 13.5. The smallest absolute Gasteiger partial charge is 0.331 e. The van der Waals surface area contributed by atoms with Crippen LogP contribution in [-0.4, -0.2) is 19.2 Å². The van der Waals surface area contributed by atoms with E-state index < -0.39 is 0 Å². The molecule has 0 bridgehead atoms. The van der Waals surface area contributed by atoms with Crippen molar-refractivity contribution < 1.29 is 14.3 Å². The highest BCUT2D eigenvalue weighted by molar-refractivity contribution is 5.91. The summed E-state index contributed by atoms with van der Waals surface area (Å²) in [5, 5.41) is 0. The maximum Gasteiger partial charge on any atom is 0.331 e. The van der Waals surface area contributed by atoms with Gasteiger partial charge in [-0.3, -0.25) is 0 Å². The molecule has 0 heterocycles. The van der Waals surface area contributed by atoms with E-state index in [2.05, 4.69) is 20.8 Å². The first-order valence-corrected chi connectivity index (χ1v) is 7.67.